The topological polar surface area (TPSA) is 32.6 Å². The molecule has 2 aromatic rings. The van der Waals surface area contributed by atoms with Crippen molar-refractivity contribution in [1.29, 1.82) is 0 Å². The summed E-state index contributed by atoms with van der Waals surface area (Å²) in [5.74, 6) is 0.516. The number of aryl methyl sites for hydroxylation is 4. The van der Waals surface area contributed by atoms with Crippen LogP contribution in [-0.2, 0) is 0 Å². The molecule has 1 aliphatic carbocycles. The first-order valence-electron chi connectivity index (χ1n) is 10.1. The Morgan fingerprint density at radius 3 is 1.59 bits per heavy atom. The molecule has 0 aliphatic heterocycles. The fourth-order valence-electron chi connectivity index (χ4n) is 4.36. The molecule has 1 saturated carbocycles. The molecule has 0 saturated heterocycles. The molecule has 27 heavy (non-hydrogen) atoms. The van der Waals surface area contributed by atoms with Crippen LogP contribution in [0.25, 0.3) is 0 Å². The Balaban J connectivity index is 2.16. The molecule has 1 N–H and O–H groups in total. The Morgan fingerprint density at radius 1 is 0.778 bits per heavy atom. The summed E-state index contributed by atoms with van der Waals surface area (Å²) in [6.07, 6.45) is 6.30. The average molecular weight is 383 g/mol. The van der Waals surface area contributed by atoms with E-state index in [1.165, 1.54) is 54.4 Å². The van der Waals surface area contributed by atoms with Crippen molar-refractivity contribution < 1.29 is 4.89 Å². The van der Waals surface area contributed by atoms with Gasteiger partial charge >= 0.3 is 7.64 Å². The van der Waals surface area contributed by atoms with Crippen LogP contribution >= 0.6 is 7.64 Å². The standard InChI is InChI=1S/C24H33NOP/c1-17-11-18(2)14-23(13-17)27(26,24-15-19(3)12-20(4)16-24)25-21(5)22-9-7-6-8-10-22/h11-16,22,26H,6-10H2,1-5H3/q+1/b25-21+. The molecule has 0 amide bonds. The number of hydrogen-bond acceptors (Lipinski definition) is 2. The molecular formula is C24H33NOP+. The first kappa shape index (κ1) is 20.2. The second kappa shape index (κ2) is 8.25. The van der Waals surface area contributed by atoms with Gasteiger partial charge < -0.3 is 0 Å². The lowest BCUT2D eigenvalue weighted by Crippen LogP contribution is -2.24. The lowest BCUT2D eigenvalue weighted by molar-refractivity contribution is 0.438. The molecule has 0 unspecified atom stereocenters. The van der Waals surface area contributed by atoms with Crippen LogP contribution in [0.5, 0.6) is 0 Å². The van der Waals surface area contributed by atoms with Gasteiger partial charge in [-0.05, 0) is 94.0 Å². The van der Waals surface area contributed by atoms with Gasteiger partial charge in [-0.15, -0.1) is 0 Å². The summed E-state index contributed by atoms with van der Waals surface area (Å²) in [6.45, 7) is 10.5. The van der Waals surface area contributed by atoms with Crippen molar-refractivity contribution in [2.75, 3.05) is 0 Å². The normalized spacial score (nSPS) is 16.6. The Hall–Kier alpha value is -1.50. The molecular weight excluding hydrogens is 349 g/mol. The minimum Gasteiger partial charge on any atom is -0.214 e. The molecule has 0 bridgehead atoms. The zero-order chi connectivity index (χ0) is 19.6. The van der Waals surface area contributed by atoms with Gasteiger partial charge in [-0.25, -0.2) is 4.89 Å². The summed E-state index contributed by atoms with van der Waals surface area (Å²) in [4.78, 5) is 12.1. The van der Waals surface area contributed by atoms with Crippen LogP contribution in [0.3, 0.4) is 0 Å². The maximum Gasteiger partial charge on any atom is 0.322 e. The predicted molar refractivity (Wildman–Crippen MR) is 120 cm³/mol. The molecule has 0 spiro atoms. The van der Waals surface area contributed by atoms with E-state index in [9.17, 15) is 4.89 Å². The average Bonchev–Trinajstić information content (AvgIpc) is 2.60. The highest BCUT2D eigenvalue weighted by Gasteiger charge is 2.43. The van der Waals surface area contributed by atoms with Gasteiger partial charge in [0.15, 0.2) is 10.6 Å². The molecule has 2 aromatic carbocycles. The number of hydrogen-bond donors (Lipinski definition) is 1. The van der Waals surface area contributed by atoms with E-state index in [0.717, 1.165) is 16.3 Å². The maximum absolute atomic E-state index is 12.1. The van der Waals surface area contributed by atoms with Gasteiger partial charge in [-0.3, -0.25) is 0 Å². The van der Waals surface area contributed by atoms with Crippen molar-refractivity contribution in [2.24, 2.45) is 10.7 Å². The van der Waals surface area contributed by atoms with Gasteiger partial charge in [0.2, 0.25) is 0 Å². The number of rotatable bonds is 4. The first-order valence-corrected chi connectivity index (χ1v) is 11.8. The van der Waals surface area contributed by atoms with Crippen molar-refractivity contribution in [3.63, 3.8) is 0 Å². The van der Waals surface area contributed by atoms with Gasteiger partial charge in [0, 0.05) is 5.92 Å². The maximum atomic E-state index is 12.1. The summed E-state index contributed by atoms with van der Waals surface area (Å²) < 4.78 is 5.12. The molecule has 2 nitrogen and oxygen atoms in total. The molecule has 0 aromatic heterocycles. The third-order valence-electron chi connectivity index (χ3n) is 5.63. The van der Waals surface area contributed by atoms with Crippen LogP contribution in [0.2, 0.25) is 0 Å². The summed E-state index contributed by atoms with van der Waals surface area (Å²) >= 11 is 0. The predicted octanol–water partition coefficient (Wildman–Crippen LogP) is 5.75. The fourth-order valence-corrected chi connectivity index (χ4v) is 7.04. The highest BCUT2D eigenvalue weighted by Crippen LogP contribution is 2.55. The van der Waals surface area contributed by atoms with E-state index in [1.54, 1.807) is 0 Å². The van der Waals surface area contributed by atoms with Crippen LogP contribution in [0.1, 0.15) is 61.3 Å². The summed E-state index contributed by atoms with van der Waals surface area (Å²) in [6, 6.07) is 12.8. The van der Waals surface area contributed by atoms with Gasteiger partial charge in [0.25, 0.3) is 0 Å². The van der Waals surface area contributed by atoms with Crippen LogP contribution in [0.4, 0.5) is 0 Å². The van der Waals surface area contributed by atoms with Crippen LogP contribution in [0.15, 0.2) is 41.2 Å². The highest BCUT2D eigenvalue weighted by molar-refractivity contribution is 7.83. The van der Waals surface area contributed by atoms with E-state index in [0.29, 0.717) is 5.92 Å². The van der Waals surface area contributed by atoms with Gasteiger partial charge in [-0.2, -0.15) is 0 Å². The van der Waals surface area contributed by atoms with Gasteiger partial charge in [0.05, 0.1) is 5.71 Å². The van der Waals surface area contributed by atoms with Crippen molar-refractivity contribution >= 4 is 24.0 Å². The third-order valence-corrected chi connectivity index (χ3v) is 8.19. The van der Waals surface area contributed by atoms with E-state index >= 15 is 0 Å². The molecule has 0 atom stereocenters. The lowest BCUT2D eigenvalue weighted by atomic mass is 9.86. The largest absolute Gasteiger partial charge is 0.322 e. The lowest BCUT2D eigenvalue weighted by Gasteiger charge is -2.23. The number of benzene rings is 2. The van der Waals surface area contributed by atoms with E-state index in [4.69, 9.17) is 4.76 Å². The van der Waals surface area contributed by atoms with Crippen LogP contribution < -0.4 is 10.6 Å². The molecule has 144 valence electrons. The molecule has 1 fully saturated rings. The molecule has 3 heteroatoms. The van der Waals surface area contributed by atoms with E-state index < -0.39 is 7.64 Å². The first-order chi connectivity index (χ1) is 12.8. The second-order valence-electron chi connectivity index (χ2n) is 8.37. The van der Waals surface area contributed by atoms with Crippen LogP contribution in [0, 0.1) is 33.6 Å². The van der Waals surface area contributed by atoms with Crippen molar-refractivity contribution in [3.05, 3.63) is 58.7 Å². The van der Waals surface area contributed by atoms with Gasteiger partial charge in [-0.1, -0.05) is 36.2 Å². The SMILES string of the molecule is C/C(=N\[P+](O)(c1cc(C)cc(C)c1)c1cc(C)cc(C)c1)C1CCCCC1. The Morgan fingerprint density at radius 2 is 1.19 bits per heavy atom. The van der Waals surface area contributed by atoms with Gasteiger partial charge in [0.1, 0.15) is 0 Å². The summed E-state index contributed by atoms with van der Waals surface area (Å²) in [5, 5.41) is 1.94. The Bertz CT molecular complexity index is 757. The zero-order valence-electron chi connectivity index (χ0n) is 17.4. The van der Waals surface area contributed by atoms with E-state index in [1.807, 2.05) is 0 Å². The van der Waals surface area contributed by atoms with Crippen molar-refractivity contribution in [3.8, 4) is 0 Å². The van der Waals surface area contributed by atoms with Crippen molar-refractivity contribution in [1.82, 2.24) is 0 Å². The number of nitrogens with zero attached hydrogens (tertiary/aromatic N) is 1. The molecule has 0 radical (unpaired) electrons. The monoisotopic (exact) mass is 382 g/mol. The quantitative estimate of drug-likeness (QED) is 0.530. The molecule has 1 aliphatic rings. The Labute approximate surface area is 165 Å². The van der Waals surface area contributed by atoms with Crippen molar-refractivity contribution in [2.45, 2.75) is 66.7 Å². The van der Waals surface area contributed by atoms with Crippen LogP contribution in [-0.4, -0.2) is 10.6 Å². The molecule has 3 rings (SSSR count). The third kappa shape index (κ3) is 4.68. The van der Waals surface area contributed by atoms with E-state index in [2.05, 4.69) is 71.0 Å². The smallest absolute Gasteiger partial charge is 0.214 e. The van der Waals surface area contributed by atoms with E-state index in [-0.39, 0.29) is 0 Å². The minimum atomic E-state index is -2.82. The minimum absolute atomic E-state index is 0.516. The summed E-state index contributed by atoms with van der Waals surface area (Å²) in [7, 11) is -2.82. The zero-order valence-corrected chi connectivity index (χ0v) is 18.3. The fraction of sp³-hybridized carbons (Fsp3) is 0.458. The molecule has 0 heterocycles. The highest BCUT2D eigenvalue weighted by atomic mass is 31.2. The Kier molecular flexibility index (Phi) is 6.18. The summed E-state index contributed by atoms with van der Waals surface area (Å²) in [5.41, 5.74) is 5.84. The second-order valence-corrected chi connectivity index (χ2v) is 10.8.